The summed E-state index contributed by atoms with van der Waals surface area (Å²) in [5.41, 5.74) is 2.40. The van der Waals surface area contributed by atoms with E-state index >= 15 is 0 Å². The average molecular weight is 394 g/mol. The number of ether oxygens (including phenoxy) is 1. The number of pyridine rings is 1. The molecular weight excluding hydrogens is 371 g/mol. The lowest BCUT2D eigenvalue weighted by molar-refractivity contribution is 0.386. The quantitative estimate of drug-likeness (QED) is 0.683. The number of nitrogens with zero attached hydrogens (tertiary/aromatic N) is 4. The maximum atomic E-state index is 14.1. The van der Waals surface area contributed by atoms with Crippen molar-refractivity contribution in [1.82, 2.24) is 14.3 Å². The van der Waals surface area contributed by atoms with E-state index in [4.69, 9.17) is 4.74 Å². The van der Waals surface area contributed by atoms with Gasteiger partial charge in [-0.25, -0.2) is 9.37 Å². The third-order valence-electron chi connectivity index (χ3n) is 6.13. The Hall–Kier alpha value is -2.93. The van der Waals surface area contributed by atoms with E-state index in [1.807, 2.05) is 18.3 Å². The van der Waals surface area contributed by atoms with Gasteiger partial charge in [-0.3, -0.25) is 9.20 Å². The molecule has 29 heavy (non-hydrogen) atoms. The summed E-state index contributed by atoms with van der Waals surface area (Å²) in [6.07, 6.45) is 1.87. The molecule has 0 unspecified atom stereocenters. The number of aromatic nitrogens is 2. The van der Waals surface area contributed by atoms with Crippen LogP contribution in [0.4, 0.5) is 10.1 Å². The molecule has 0 bridgehead atoms. The molecule has 0 aliphatic carbocycles. The number of benzene rings is 1. The van der Waals surface area contributed by atoms with Crippen LogP contribution < -0.4 is 15.2 Å². The molecule has 0 N–H and O–H groups in total. The number of hydrogen-bond acceptors (Lipinski definition) is 5. The minimum Gasteiger partial charge on any atom is -0.494 e. The second-order valence-electron chi connectivity index (χ2n) is 8.09. The van der Waals surface area contributed by atoms with E-state index in [2.05, 4.69) is 21.8 Å². The van der Waals surface area contributed by atoms with Gasteiger partial charge in [0.25, 0.3) is 5.56 Å². The maximum Gasteiger partial charge on any atom is 0.258 e. The molecule has 0 saturated carbocycles. The van der Waals surface area contributed by atoms with Gasteiger partial charge >= 0.3 is 0 Å². The maximum absolute atomic E-state index is 14.1. The Morgan fingerprint density at radius 3 is 2.52 bits per heavy atom. The Morgan fingerprint density at radius 2 is 1.83 bits per heavy atom. The first-order chi connectivity index (χ1) is 14.0. The molecule has 0 amide bonds. The molecule has 4 heterocycles. The predicted octanol–water partition coefficient (Wildman–Crippen LogP) is 2.51. The van der Waals surface area contributed by atoms with Crippen molar-refractivity contribution in [3.05, 3.63) is 58.8 Å². The van der Waals surface area contributed by atoms with Crippen LogP contribution in [-0.2, 0) is 0 Å². The van der Waals surface area contributed by atoms with Crippen LogP contribution in [0.25, 0.3) is 16.9 Å². The van der Waals surface area contributed by atoms with Crippen molar-refractivity contribution in [3.63, 3.8) is 0 Å². The van der Waals surface area contributed by atoms with Crippen molar-refractivity contribution in [2.75, 3.05) is 45.2 Å². The highest BCUT2D eigenvalue weighted by Gasteiger charge is 2.38. The molecule has 150 valence electrons. The van der Waals surface area contributed by atoms with Gasteiger partial charge in [-0.05, 0) is 49.2 Å². The Labute approximate surface area is 168 Å². The van der Waals surface area contributed by atoms with Crippen molar-refractivity contribution >= 4 is 11.3 Å². The van der Waals surface area contributed by atoms with Crippen LogP contribution in [0.3, 0.4) is 0 Å². The van der Waals surface area contributed by atoms with Crippen molar-refractivity contribution in [2.45, 2.75) is 0 Å². The second-order valence-corrected chi connectivity index (χ2v) is 8.09. The van der Waals surface area contributed by atoms with Crippen LogP contribution in [0.5, 0.6) is 5.75 Å². The van der Waals surface area contributed by atoms with Crippen LogP contribution in [0.15, 0.2) is 47.4 Å². The average Bonchev–Trinajstić information content (AvgIpc) is 3.25. The van der Waals surface area contributed by atoms with Gasteiger partial charge in [-0.2, -0.15) is 0 Å². The lowest BCUT2D eigenvalue weighted by Gasteiger charge is -2.21. The first kappa shape index (κ1) is 18.1. The lowest BCUT2D eigenvalue weighted by atomic mass is 10.0. The summed E-state index contributed by atoms with van der Waals surface area (Å²) in [5, 5.41) is 0. The molecule has 2 aliphatic heterocycles. The molecule has 0 radical (unpaired) electrons. The van der Waals surface area contributed by atoms with Gasteiger partial charge in [-0.1, -0.05) is 0 Å². The summed E-state index contributed by atoms with van der Waals surface area (Å²) in [7, 11) is 3.60. The minimum absolute atomic E-state index is 0.164. The summed E-state index contributed by atoms with van der Waals surface area (Å²) >= 11 is 0. The lowest BCUT2D eigenvalue weighted by Crippen LogP contribution is -2.27. The number of anilines is 1. The first-order valence-corrected chi connectivity index (χ1v) is 9.82. The highest BCUT2D eigenvalue weighted by atomic mass is 19.1. The van der Waals surface area contributed by atoms with Gasteiger partial charge < -0.3 is 14.5 Å². The molecule has 2 atom stereocenters. The monoisotopic (exact) mass is 394 g/mol. The molecule has 2 saturated heterocycles. The number of fused-ring (bicyclic) bond motifs is 2. The van der Waals surface area contributed by atoms with E-state index in [9.17, 15) is 9.18 Å². The molecule has 5 rings (SSSR count). The van der Waals surface area contributed by atoms with E-state index in [1.165, 1.54) is 19.2 Å². The summed E-state index contributed by atoms with van der Waals surface area (Å²) in [5.74, 6) is 1.07. The van der Waals surface area contributed by atoms with Gasteiger partial charge in [0.05, 0.1) is 18.5 Å². The highest BCUT2D eigenvalue weighted by Crippen LogP contribution is 2.33. The fraction of sp³-hybridized carbons (Fsp3) is 0.364. The Kier molecular flexibility index (Phi) is 4.28. The summed E-state index contributed by atoms with van der Waals surface area (Å²) in [4.78, 5) is 22.1. The molecule has 3 aromatic rings. The second kappa shape index (κ2) is 6.84. The molecule has 6 nitrogen and oxygen atoms in total. The van der Waals surface area contributed by atoms with Gasteiger partial charge in [-0.15, -0.1) is 0 Å². The van der Waals surface area contributed by atoms with Crippen LogP contribution in [0, 0.1) is 17.7 Å². The van der Waals surface area contributed by atoms with E-state index in [0.29, 0.717) is 28.7 Å². The van der Waals surface area contributed by atoms with Crippen molar-refractivity contribution in [1.29, 1.82) is 0 Å². The van der Waals surface area contributed by atoms with E-state index in [0.717, 1.165) is 31.9 Å². The first-order valence-electron chi connectivity index (χ1n) is 9.82. The molecule has 7 heteroatoms. The van der Waals surface area contributed by atoms with Crippen LogP contribution >= 0.6 is 0 Å². The Balaban J connectivity index is 1.47. The molecule has 1 aromatic carbocycles. The van der Waals surface area contributed by atoms with E-state index < -0.39 is 5.82 Å². The van der Waals surface area contributed by atoms with Crippen molar-refractivity contribution < 1.29 is 9.13 Å². The number of methoxy groups -OCH3 is 1. The Morgan fingerprint density at radius 1 is 1.07 bits per heavy atom. The standard InChI is InChI=1S/C22H23FN4O2/c1-25-9-15-11-26(12-16(15)10-25)17-4-6-21-24-19(8-22(28)27(21)13-17)14-3-5-20(29-2)18(23)7-14/h3-8,13,15-16H,9-12H2,1-2H3/t15-,16+. The van der Waals surface area contributed by atoms with Gasteiger partial charge in [0.1, 0.15) is 5.65 Å². The van der Waals surface area contributed by atoms with Crippen molar-refractivity contribution in [2.24, 2.45) is 11.8 Å². The molecule has 2 aliphatic rings. The fourth-order valence-electron chi connectivity index (χ4n) is 4.69. The number of likely N-dealkylation sites (tertiary alicyclic amines) is 1. The molecule has 0 spiro atoms. The summed E-state index contributed by atoms with van der Waals surface area (Å²) in [6.45, 7) is 4.31. The van der Waals surface area contributed by atoms with Gasteiger partial charge in [0, 0.05) is 44.0 Å². The van der Waals surface area contributed by atoms with Gasteiger partial charge in [0.15, 0.2) is 11.6 Å². The predicted molar refractivity (Wildman–Crippen MR) is 110 cm³/mol. The van der Waals surface area contributed by atoms with Crippen molar-refractivity contribution in [3.8, 4) is 17.0 Å². The summed E-state index contributed by atoms with van der Waals surface area (Å²) in [6, 6.07) is 9.91. The number of rotatable bonds is 3. The largest absolute Gasteiger partial charge is 0.494 e. The Bertz CT molecular complexity index is 1130. The highest BCUT2D eigenvalue weighted by molar-refractivity contribution is 5.63. The molecular formula is C22H23FN4O2. The SMILES string of the molecule is COc1ccc(-c2cc(=O)n3cc(N4C[C@H]5CN(C)C[C@H]5C4)ccc3n2)cc1F. The molecule has 2 fully saturated rings. The summed E-state index contributed by atoms with van der Waals surface area (Å²) < 4.78 is 20.6. The fourth-order valence-corrected chi connectivity index (χ4v) is 4.69. The minimum atomic E-state index is -0.479. The smallest absolute Gasteiger partial charge is 0.258 e. The normalized spacial score (nSPS) is 21.7. The molecule has 2 aromatic heterocycles. The third-order valence-corrected chi connectivity index (χ3v) is 6.13. The zero-order valence-electron chi connectivity index (χ0n) is 16.5. The number of hydrogen-bond donors (Lipinski definition) is 0. The van der Waals surface area contributed by atoms with Crippen LogP contribution in [0.2, 0.25) is 0 Å². The van der Waals surface area contributed by atoms with E-state index in [1.54, 1.807) is 16.5 Å². The third kappa shape index (κ3) is 3.15. The van der Waals surface area contributed by atoms with E-state index in [-0.39, 0.29) is 11.3 Å². The zero-order chi connectivity index (χ0) is 20.1. The van der Waals surface area contributed by atoms with Crippen LogP contribution in [-0.4, -0.2) is 54.6 Å². The van der Waals surface area contributed by atoms with Gasteiger partial charge in [0.2, 0.25) is 0 Å². The zero-order valence-corrected chi connectivity index (χ0v) is 16.5. The number of halogens is 1. The van der Waals surface area contributed by atoms with Crippen LogP contribution in [0.1, 0.15) is 0 Å². The topological polar surface area (TPSA) is 50.1 Å².